The van der Waals surface area contributed by atoms with Crippen molar-refractivity contribution < 1.29 is 22.0 Å². The van der Waals surface area contributed by atoms with Crippen LogP contribution in [0.2, 0.25) is 0 Å². The minimum absolute atomic E-state index is 0.0383. The van der Waals surface area contributed by atoms with E-state index in [4.69, 9.17) is 4.42 Å². The number of nitrogens with one attached hydrogen (secondary N) is 1. The minimum Gasteiger partial charge on any atom is -0.408 e. The number of amides is 1. The molecule has 1 amide bonds. The van der Waals surface area contributed by atoms with Crippen LogP contribution in [0.5, 0.6) is 0 Å². The van der Waals surface area contributed by atoms with Crippen molar-refractivity contribution >= 4 is 32.7 Å². The number of anilines is 1. The number of aromatic nitrogens is 1. The fraction of sp³-hybridized carbons (Fsp3) is 0.364. The molecule has 0 bridgehead atoms. The van der Waals surface area contributed by atoms with Gasteiger partial charge in [-0.2, -0.15) is 4.31 Å². The first-order valence-electron chi connectivity index (χ1n) is 10.3. The number of rotatable bonds is 5. The summed E-state index contributed by atoms with van der Waals surface area (Å²) >= 11 is 0. The van der Waals surface area contributed by atoms with Gasteiger partial charge in [0.05, 0.1) is 10.4 Å². The molecule has 0 saturated carbocycles. The fourth-order valence-electron chi connectivity index (χ4n) is 4.22. The van der Waals surface area contributed by atoms with E-state index in [9.17, 15) is 22.4 Å². The molecule has 0 radical (unpaired) electrons. The number of hydrogen-bond donors (Lipinski definition) is 1. The van der Waals surface area contributed by atoms with Crippen LogP contribution in [-0.2, 0) is 21.4 Å². The van der Waals surface area contributed by atoms with Crippen LogP contribution >= 0.6 is 0 Å². The SMILES string of the molecule is C[C@@H]1C[C@@H](C)CN(S(=O)(=O)c2ccc3c(c2)oc(=O)n3CC(=O)Nc2cccc(F)c2)C1. The number of carbonyl (C=O) groups is 1. The Hall–Kier alpha value is -2.98. The number of piperidine rings is 1. The zero-order valence-electron chi connectivity index (χ0n) is 17.7. The van der Waals surface area contributed by atoms with Gasteiger partial charge in [-0.15, -0.1) is 0 Å². The maximum atomic E-state index is 13.3. The van der Waals surface area contributed by atoms with Crippen LogP contribution in [0, 0.1) is 17.7 Å². The Morgan fingerprint density at radius 1 is 1.16 bits per heavy atom. The van der Waals surface area contributed by atoms with Gasteiger partial charge in [0.1, 0.15) is 12.4 Å². The number of carbonyl (C=O) groups excluding carboxylic acids is 1. The number of nitrogens with zero attached hydrogens (tertiary/aromatic N) is 2. The van der Waals surface area contributed by atoms with Gasteiger partial charge < -0.3 is 9.73 Å². The van der Waals surface area contributed by atoms with Crippen LogP contribution in [0.15, 0.2) is 56.6 Å². The largest absolute Gasteiger partial charge is 0.420 e. The van der Waals surface area contributed by atoms with Crippen LogP contribution in [0.1, 0.15) is 20.3 Å². The Balaban J connectivity index is 1.59. The summed E-state index contributed by atoms with van der Waals surface area (Å²) in [7, 11) is -3.74. The highest BCUT2D eigenvalue weighted by Gasteiger charge is 2.32. The summed E-state index contributed by atoms with van der Waals surface area (Å²) in [6.07, 6.45) is 0.973. The van der Waals surface area contributed by atoms with Crippen molar-refractivity contribution in [2.24, 2.45) is 11.8 Å². The molecule has 1 saturated heterocycles. The van der Waals surface area contributed by atoms with Crippen molar-refractivity contribution in [3.05, 3.63) is 58.8 Å². The molecule has 0 aliphatic carbocycles. The van der Waals surface area contributed by atoms with Gasteiger partial charge in [0.15, 0.2) is 5.58 Å². The first-order chi connectivity index (χ1) is 15.1. The number of benzene rings is 2. The van der Waals surface area contributed by atoms with E-state index >= 15 is 0 Å². The van der Waals surface area contributed by atoms with Crippen LogP contribution in [0.25, 0.3) is 11.1 Å². The third kappa shape index (κ3) is 4.46. The van der Waals surface area contributed by atoms with Gasteiger partial charge >= 0.3 is 5.76 Å². The van der Waals surface area contributed by atoms with Crippen LogP contribution in [-0.4, -0.2) is 36.3 Å². The van der Waals surface area contributed by atoms with Crippen molar-refractivity contribution in [3.63, 3.8) is 0 Å². The van der Waals surface area contributed by atoms with E-state index in [1.54, 1.807) is 0 Å². The summed E-state index contributed by atoms with van der Waals surface area (Å²) in [6.45, 7) is 4.56. The quantitative estimate of drug-likeness (QED) is 0.629. The van der Waals surface area contributed by atoms with Crippen LogP contribution in [0.3, 0.4) is 0 Å². The second-order valence-corrected chi connectivity index (χ2v) is 10.3. The molecule has 2 aromatic carbocycles. The van der Waals surface area contributed by atoms with E-state index in [1.807, 2.05) is 13.8 Å². The lowest BCUT2D eigenvalue weighted by Crippen LogP contribution is -2.42. The summed E-state index contributed by atoms with van der Waals surface area (Å²) in [6, 6.07) is 9.58. The second kappa shape index (κ2) is 8.51. The molecule has 8 nitrogen and oxygen atoms in total. The highest BCUT2D eigenvalue weighted by atomic mass is 32.2. The maximum absolute atomic E-state index is 13.3. The summed E-state index contributed by atoms with van der Waals surface area (Å²) in [4.78, 5) is 24.7. The fourth-order valence-corrected chi connectivity index (χ4v) is 5.91. The van der Waals surface area contributed by atoms with E-state index in [1.165, 1.54) is 40.7 Å². The second-order valence-electron chi connectivity index (χ2n) is 8.41. The molecule has 170 valence electrons. The van der Waals surface area contributed by atoms with Gasteiger partial charge in [0.2, 0.25) is 15.9 Å². The molecule has 4 rings (SSSR count). The average Bonchev–Trinajstić information content (AvgIpc) is 3.01. The highest BCUT2D eigenvalue weighted by molar-refractivity contribution is 7.89. The molecule has 1 aromatic heterocycles. The molecule has 0 spiro atoms. The molecule has 1 aliphatic rings. The Morgan fingerprint density at radius 2 is 1.88 bits per heavy atom. The first-order valence-corrected chi connectivity index (χ1v) is 11.8. The zero-order chi connectivity index (χ0) is 23.0. The standard InChI is InChI=1S/C22H24FN3O5S/c1-14-8-15(2)12-25(11-14)32(29,30)18-6-7-19-20(10-18)31-22(28)26(19)13-21(27)24-17-5-3-4-16(23)9-17/h3-7,9-10,14-15H,8,11-13H2,1-2H3,(H,24,27)/t14-,15-/m1/s1. The molecule has 10 heteroatoms. The lowest BCUT2D eigenvalue weighted by Gasteiger charge is -2.34. The predicted molar refractivity (Wildman–Crippen MR) is 117 cm³/mol. The molecule has 1 N–H and O–H groups in total. The first kappa shape index (κ1) is 22.2. The molecule has 3 aromatic rings. The molecule has 2 atom stereocenters. The summed E-state index contributed by atoms with van der Waals surface area (Å²) in [5.41, 5.74) is 0.630. The van der Waals surface area contributed by atoms with Crippen molar-refractivity contribution in [1.29, 1.82) is 0 Å². The maximum Gasteiger partial charge on any atom is 0.420 e. The molecule has 2 heterocycles. The lowest BCUT2D eigenvalue weighted by atomic mass is 9.94. The van der Waals surface area contributed by atoms with E-state index in [2.05, 4.69) is 5.32 Å². The molecular weight excluding hydrogens is 437 g/mol. The number of oxazole rings is 1. The van der Waals surface area contributed by atoms with Gasteiger partial charge in [-0.05, 0) is 48.6 Å². The van der Waals surface area contributed by atoms with Gasteiger partial charge in [-0.25, -0.2) is 17.6 Å². The van der Waals surface area contributed by atoms with E-state index < -0.39 is 27.5 Å². The van der Waals surface area contributed by atoms with Gasteiger partial charge in [0.25, 0.3) is 0 Å². The monoisotopic (exact) mass is 461 g/mol. The van der Waals surface area contributed by atoms with E-state index in [0.717, 1.165) is 17.1 Å². The minimum atomic E-state index is -3.74. The summed E-state index contributed by atoms with van der Waals surface area (Å²) in [5.74, 6) is -1.32. The van der Waals surface area contributed by atoms with Crippen LogP contribution < -0.4 is 11.1 Å². The van der Waals surface area contributed by atoms with Gasteiger partial charge in [-0.3, -0.25) is 9.36 Å². The van der Waals surface area contributed by atoms with Crippen molar-refractivity contribution in [2.45, 2.75) is 31.7 Å². The molecule has 0 unspecified atom stereocenters. The average molecular weight is 462 g/mol. The number of halogens is 1. The predicted octanol–water partition coefficient (Wildman–Crippen LogP) is 3.04. The normalized spacial score (nSPS) is 19.8. The molecule has 1 aliphatic heterocycles. The van der Waals surface area contributed by atoms with E-state index in [0.29, 0.717) is 18.6 Å². The summed E-state index contributed by atoms with van der Waals surface area (Å²) < 4.78 is 47.3. The van der Waals surface area contributed by atoms with Crippen LogP contribution in [0.4, 0.5) is 10.1 Å². The third-order valence-corrected chi connectivity index (χ3v) is 7.35. The Kier molecular flexibility index (Phi) is 5.91. The van der Waals surface area contributed by atoms with Crippen molar-refractivity contribution in [2.75, 3.05) is 18.4 Å². The smallest absolute Gasteiger partial charge is 0.408 e. The molecule has 1 fully saturated rings. The zero-order valence-corrected chi connectivity index (χ0v) is 18.6. The van der Waals surface area contributed by atoms with Crippen molar-refractivity contribution in [1.82, 2.24) is 8.87 Å². The summed E-state index contributed by atoms with van der Waals surface area (Å²) in [5, 5.41) is 2.52. The number of hydrogen-bond acceptors (Lipinski definition) is 5. The number of fused-ring (bicyclic) bond motifs is 1. The molecule has 32 heavy (non-hydrogen) atoms. The molecular formula is C22H24FN3O5S. The Labute approximate surface area is 184 Å². The highest BCUT2D eigenvalue weighted by Crippen LogP contribution is 2.28. The Bertz CT molecular complexity index is 1320. The topological polar surface area (TPSA) is 102 Å². The lowest BCUT2D eigenvalue weighted by molar-refractivity contribution is -0.116. The van der Waals surface area contributed by atoms with Gasteiger partial charge in [-0.1, -0.05) is 19.9 Å². The third-order valence-electron chi connectivity index (χ3n) is 5.52. The Morgan fingerprint density at radius 3 is 2.56 bits per heavy atom. The van der Waals surface area contributed by atoms with Gasteiger partial charge in [0, 0.05) is 24.8 Å². The number of sulfonamides is 1. The van der Waals surface area contributed by atoms with E-state index in [-0.39, 0.29) is 34.5 Å². The van der Waals surface area contributed by atoms with Crippen molar-refractivity contribution in [3.8, 4) is 0 Å².